The predicted molar refractivity (Wildman–Crippen MR) is 79.4 cm³/mol. The van der Waals surface area contributed by atoms with Crippen LogP contribution in [0.2, 0.25) is 0 Å². The molecule has 0 saturated heterocycles. The third-order valence-corrected chi connectivity index (χ3v) is 5.54. The van der Waals surface area contributed by atoms with Crippen LogP contribution in [0, 0.1) is 18.8 Å². The zero-order valence-electron chi connectivity index (χ0n) is 11.0. The number of hydrogen-bond donors (Lipinski definition) is 2. The number of aryl methyl sites for hydroxylation is 1. The molecule has 19 heavy (non-hydrogen) atoms. The van der Waals surface area contributed by atoms with Crippen molar-refractivity contribution < 1.29 is 0 Å². The van der Waals surface area contributed by atoms with Gasteiger partial charge in [-0.05, 0) is 44.1 Å². The molecule has 5 heteroatoms. The number of nitrogen functional groups attached to an aromatic ring is 1. The van der Waals surface area contributed by atoms with Gasteiger partial charge < -0.3 is 11.1 Å². The summed E-state index contributed by atoms with van der Waals surface area (Å²) < 4.78 is 0. The van der Waals surface area contributed by atoms with Crippen molar-refractivity contribution in [2.75, 3.05) is 11.1 Å². The first kappa shape index (κ1) is 11.5. The fourth-order valence-electron chi connectivity index (χ4n) is 3.77. The highest BCUT2D eigenvalue weighted by Gasteiger charge is 2.39. The summed E-state index contributed by atoms with van der Waals surface area (Å²) in [5, 5.41) is 4.77. The Morgan fingerprint density at radius 2 is 2.21 bits per heavy atom. The Hall–Kier alpha value is -1.36. The molecule has 100 valence electrons. The largest absolute Gasteiger partial charge is 0.368 e. The number of anilines is 2. The van der Waals surface area contributed by atoms with Gasteiger partial charge >= 0.3 is 0 Å². The van der Waals surface area contributed by atoms with E-state index in [4.69, 9.17) is 5.73 Å². The highest BCUT2D eigenvalue weighted by molar-refractivity contribution is 7.18. The molecule has 0 amide bonds. The summed E-state index contributed by atoms with van der Waals surface area (Å²) in [6, 6.07) is 2.74. The van der Waals surface area contributed by atoms with Crippen LogP contribution in [0.15, 0.2) is 6.07 Å². The molecule has 2 aliphatic rings. The lowest BCUT2D eigenvalue weighted by atomic mass is 9.95. The summed E-state index contributed by atoms with van der Waals surface area (Å²) in [6.07, 6.45) is 5.47. The Morgan fingerprint density at radius 1 is 1.32 bits per heavy atom. The van der Waals surface area contributed by atoms with E-state index in [1.807, 2.05) is 0 Å². The summed E-state index contributed by atoms with van der Waals surface area (Å²) in [5.74, 6) is 3.07. The molecular weight excluding hydrogens is 256 g/mol. The Labute approximate surface area is 116 Å². The Morgan fingerprint density at radius 3 is 2.95 bits per heavy atom. The molecule has 0 aromatic carbocycles. The summed E-state index contributed by atoms with van der Waals surface area (Å²) >= 11 is 1.68. The van der Waals surface area contributed by atoms with E-state index in [9.17, 15) is 0 Å². The van der Waals surface area contributed by atoms with Crippen molar-refractivity contribution in [3.05, 3.63) is 10.9 Å². The van der Waals surface area contributed by atoms with Gasteiger partial charge in [-0.2, -0.15) is 4.98 Å². The van der Waals surface area contributed by atoms with Gasteiger partial charge in [-0.3, -0.25) is 0 Å². The highest BCUT2D eigenvalue weighted by Crippen LogP contribution is 2.46. The number of thiophene rings is 1. The second-order valence-electron chi connectivity index (χ2n) is 5.93. The van der Waals surface area contributed by atoms with Gasteiger partial charge in [0, 0.05) is 10.9 Å². The maximum absolute atomic E-state index is 5.83. The topological polar surface area (TPSA) is 63.8 Å². The van der Waals surface area contributed by atoms with Gasteiger partial charge in [-0.25, -0.2) is 4.98 Å². The lowest BCUT2D eigenvalue weighted by molar-refractivity contribution is 0.439. The van der Waals surface area contributed by atoms with Crippen molar-refractivity contribution in [1.82, 2.24) is 9.97 Å². The number of rotatable bonds is 2. The van der Waals surface area contributed by atoms with E-state index >= 15 is 0 Å². The van der Waals surface area contributed by atoms with Gasteiger partial charge in [0.15, 0.2) is 0 Å². The molecule has 0 aliphatic heterocycles. The normalized spacial score (nSPS) is 29.2. The van der Waals surface area contributed by atoms with E-state index in [-0.39, 0.29) is 0 Å². The second-order valence-corrected chi connectivity index (χ2v) is 7.17. The highest BCUT2D eigenvalue weighted by atomic mass is 32.1. The zero-order chi connectivity index (χ0) is 13.0. The average molecular weight is 274 g/mol. The minimum absolute atomic E-state index is 0.375. The zero-order valence-corrected chi connectivity index (χ0v) is 11.8. The molecule has 2 saturated carbocycles. The number of nitrogens with two attached hydrogens (primary N) is 1. The van der Waals surface area contributed by atoms with Crippen LogP contribution in [0.5, 0.6) is 0 Å². The van der Waals surface area contributed by atoms with Crippen LogP contribution in [-0.4, -0.2) is 16.0 Å². The molecule has 3 unspecified atom stereocenters. The third kappa shape index (κ3) is 1.87. The van der Waals surface area contributed by atoms with Gasteiger partial charge in [0.1, 0.15) is 10.6 Å². The fraction of sp³-hybridized carbons (Fsp3) is 0.571. The van der Waals surface area contributed by atoms with Crippen LogP contribution in [0.4, 0.5) is 11.8 Å². The summed E-state index contributed by atoms with van der Waals surface area (Å²) in [6.45, 7) is 2.10. The van der Waals surface area contributed by atoms with Crippen LogP contribution >= 0.6 is 11.3 Å². The standard InChI is InChI=1S/C14H18N4S/c1-7-4-10-12(17-14(15)18-13(10)19-7)16-11-6-8-2-3-9(11)5-8/h4,8-9,11H,2-3,5-6H2,1H3,(H3,15,16,17,18). The second kappa shape index (κ2) is 4.07. The summed E-state index contributed by atoms with van der Waals surface area (Å²) in [5.41, 5.74) is 5.83. The molecule has 2 aliphatic carbocycles. The predicted octanol–water partition coefficient (Wildman–Crippen LogP) is 3.18. The molecule has 2 fully saturated rings. The maximum atomic E-state index is 5.83. The molecule has 2 bridgehead atoms. The molecule has 0 spiro atoms. The van der Waals surface area contributed by atoms with Crippen molar-refractivity contribution in [2.24, 2.45) is 11.8 Å². The fourth-order valence-corrected chi connectivity index (χ4v) is 4.65. The summed E-state index contributed by atoms with van der Waals surface area (Å²) in [7, 11) is 0. The lowest BCUT2D eigenvalue weighted by Gasteiger charge is -2.23. The smallest absolute Gasteiger partial charge is 0.223 e. The van der Waals surface area contributed by atoms with Gasteiger partial charge in [0.05, 0.1) is 5.39 Å². The molecular formula is C14H18N4S. The first-order valence-corrected chi connectivity index (χ1v) is 7.81. The van der Waals surface area contributed by atoms with Crippen molar-refractivity contribution in [3.8, 4) is 0 Å². The lowest BCUT2D eigenvalue weighted by Crippen LogP contribution is -2.26. The molecule has 2 aromatic rings. The quantitative estimate of drug-likeness (QED) is 0.883. The summed E-state index contributed by atoms with van der Waals surface area (Å²) in [4.78, 5) is 11.0. The van der Waals surface area contributed by atoms with Crippen molar-refractivity contribution in [3.63, 3.8) is 0 Å². The van der Waals surface area contributed by atoms with Gasteiger partial charge in [-0.1, -0.05) is 6.42 Å². The molecule has 4 rings (SSSR count). The number of fused-ring (bicyclic) bond motifs is 3. The minimum atomic E-state index is 0.375. The van der Waals surface area contributed by atoms with Crippen molar-refractivity contribution in [1.29, 1.82) is 0 Å². The van der Waals surface area contributed by atoms with E-state index < -0.39 is 0 Å². The SMILES string of the molecule is Cc1cc2c(NC3CC4CCC3C4)nc(N)nc2s1. The Kier molecular flexibility index (Phi) is 2.45. The Bertz CT molecular complexity index is 636. The van der Waals surface area contributed by atoms with E-state index in [2.05, 4.69) is 28.3 Å². The van der Waals surface area contributed by atoms with Crippen LogP contribution < -0.4 is 11.1 Å². The van der Waals surface area contributed by atoms with E-state index in [1.54, 1.807) is 11.3 Å². The van der Waals surface area contributed by atoms with Gasteiger partial charge in [0.25, 0.3) is 0 Å². The molecule has 3 N–H and O–H groups in total. The van der Waals surface area contributed by atoms with E-state index in [1.165, 1.54) is 30.6 Å². The molecule has 0 radical (unpaired) electrons. The van der Waals surface area contributed by atoms with Crippen LogP contribution in [0.1, 0.15) is 30.6 Å². The van der Waals surface area contributed by atoms with E-state index in [0.29, 0.717) is 12.0 Å². The molecule has 2 heterocycles. The molecule has 4 nitrogen and oxygen atoms in total. The van der Waals surface area contributed by atoms with Crippen molar-refractivity contribution in [2.45, 2.75) is 38.6 Å². The van der Waals surface area contributed by atoms with Crippen LogP contribution in [0.25, 0.3) is 10.2 Å². The molecule has 3 atom stereocenters. The van der Waals surface area contributed by atoms with Gasteiger partial charge in [-0.15, -0.1) is 11.3 Å². The minimum Gasteiger partial charge on any atom is -0.368 e. The third-order valence-electron chi connectivity index (χ3n) is 4.59. The van der Waals surface area contributed by atoms with E-state index in [0.717, 1.165) is 27.9 Å². The Balaban J connectivity index is 1.70. The number of aromatic nitrogens is 2. The van der Waals surface area contributed by atoms with Crippen LogP contribution in [0.3, 0.4) is 0 Å². The molecule has 2 aromatic heterocycles. The van der Waals surface area contributed by atoms with Gasteiger partial charge in [0.2, 0.25) is 5.95 Å². The number of hydrogen-bond acceptors (Lipinski definition) is 5. The number of nitrogens with zero attached hydrogens (tertiary/aromatic N) is 2. The number of nitrogens with one attached hydrogen (secondary N) is 1. The van der Waals surface area contributed by atoms with Crippen molar-refractivity contribution >= 4 is 33.3 Å². The average Bonchev–Trinajstić information content (AvgIpc) is 3.02. The van der Waals surface area contributed by atoms with Crippen LogP contribution in [-0.2, 0) is 0 Å². The first-order valence-electron chi connectivity index (χ1n) is 6.99. The first-order chi connectivity index (χ1) is 9.19. The monoisotopic (exact) mass is 274 g/mol. The maximum Gasteiger partial charge on any atom is 0.223 e.